The third-order valence-electron chi connectivity index (χ3n) is 7.21. The highest BCUT2D eigenvalue weighted by Gasteiger charge is 2.41. The number of hydrogen-bond donors (Lipinski definition) is 3. The van der Waals surface area contributed by atoms with Crippen LogP contribution >= 0.6 is 11.6 Å². The maximum atomic E-state index is 13.4. The Balaban J connectivity index is 1.44. The van der Waals surface area contributed by atoms with E-state index in [2.05, 4.69) is 16.8 Å². The molecule has 0 radical (unpaired) electrons. The summed E-state index contributed by atoms with van der Waals surface area (Å²) in [7, 11) is 1.53. The number of aromatic nitrogens is 1. The number of carbonyl (C=O) groups is 1. The van der Waals surface area contributed by atoms with Gasteiger partial charge in [0, 0.05) is 35.8 Å². The molecule has 7 nitrogen and oxygen atoms in total. The molecule has 1 amide bonds. The second-order valence-electron chi connectivity index (χ2n) is 9.51. The van der Waals surface area contributed by atoms with E-state index in [1.54, 1.807) is 23.7 Å². The monoisotopic (exact) mass is 561 g/mol. The van der Waals surface area contributed by atoms with Gasteiger partial charge in [0.25, 0.3) is 0 Å². The molecule has 3 N–H and O–H groups in total. The smallest absolute Gasteiger partial charge is 0.249 e. The molecule has 0 saturated carbocycles. The fraction of sp³-hybridized carbons (Fsp3) is 0.357. The van der Waals surface area contributed by atoms with Crippen molar-refractivity contribution in [1.29, 1.82) is 0 Å². The zero-order chi connectivity index (χ0) is 28.2. The number of ether oxygens (including phenoxy) is 1. The quantitative estimate of drug-likeness (QED) is 0.167. The molecule has 1 aromatic heterocycles. The number of methoxy groups -OCH3 is 1. The van der Waals surface area contributed by atoms with Crippen molar-refractivity contribution in [3.05, 3.63) is 70.1 Å². The van der Waals surface area contributed by atoms with Crippen molar-refractivity contribution in [3.63, 3.8) is 0 Å². The third kappa shape index (κ3) is 6.28. The first-order valence-electron chi connectivity index (χ1n) is 12.3. The van der Waals surface area contributed by atoms with Gasteiger partial charge in [-0.15, -0.1) is 0 Å². The Morgan fingerprint density at radius 3 is 2.56 bits per heavy atom. The molecule has 0 bridgehead atoms. The van der Waals surface area contributed by atoms with Crippen molar-refractivity contribution >= 4 is 28.4 Å². The molecule has 11 heteroatoms. The molecule has 0 unspecified atom stereocenters. The first-order valence-corrected chi connectivity index (χ1v) is 12.7. The largest absolute Gasteiger partial charge is 0.497 e. The summed E-state index contributed by atoms with van der Waals surface area (Å²) in [6, 6.07) is 6.93. The Bertz CT molecular complexity index is 1410. The van der Waals surface area contributed by atoms with Gasteiger partial charge in [0.1, 0.15) is 5.75 Å². The van der Waals surface area contributed by atoms with Gasteiger partial charge < -0.3 is 9.84 Å². The summed E-state index contributed by atoms with van der Waals surface area (Å²) in [4.78, 5) is 19.0. The van der Waals surface area contributed by atoms with E-state index < -0.39 is 34.9 Å². The van der Waals surface area contributed by atoms with Gasteiger partial charge in [-0.3, -0.25) is 19.9 Å². The highest BCUT2D eigenvalue weighted by molar-refractivity contribution is 6.32. The molecule has 4 rings (SSSR count). The Labute approximate surface area is 228 Å². The van der Waals surface area contributed by atoms with Crippen molar-refractivity contribution in [2.24, 2.45) is 5.41 Å². The maximum absolute atomic E-state index is 13.4. The zero-order valence-electron chi connectivity index (χ0n) is 21.1. The second-order valence-corrected chi connectivity index (χ2v) is 9.92. The molecule has 1 atom stereocenters. The number of fused-ring (bicyclic) bond motifs is 1. The van der Waals surface area contributed by atoms with Crippen molar-refractivity contribution in [1.82, 2.24) is 15.4 Å². The predicted molar refractivity (Wildman–Crippen MR) is 139 cm³/mol. The Kier molecular flexibility index (Phi) is 8.97. The van der Waals surface area contributed by atoms with Crippen LogP contribution in [0.4, 0.5) is 13.2 Å². The summed E-state index contributed by atoms with van der Waals surface area (Å²) in [5.41, 5.74) is 1.98. The molecule has 206 valence electrons. The number of nitrogens with zero attached hydrogens (tertiary/aromatic N) is 2. The SMILES string of the molecule is COc1ccc2ncc(Cl)c([C@H](O)CCC3(C(=O)NO)CCN(CC#Cc4cc(F)c(F)c(F)c4)CC3)c2c1. The van der Waals surface area contributed by atoms with Crippen LogP contribution in [-0.4, -0.2) is 52.8 Å². The van der Waals surface area contributed by atoms with Crippen molar-refractivity contribution in [3.8, 4) is 17.6 Å². The number of likely N-dealkylation sites (tertiary alicyclic amines) is 1. The van der Waals surface area contributed by atoms with Crippen molar-refractivity contribution < 1.29 is 33.0 Å². The van der Waals surface area contributed by atoms with Crippen molar-refractivity contribution in [2.75, 3.05) is 26.7 Å². The Hall–Kier alpha value is -3.36. The third-order valence-corrected chi connectivity index (χ3v) is 7.51. The summed E-state index contributed by atoms with van der Waals surface area (Å²) in [5.74, 6) is 1.34. The first-order chi connectivity index (χ1) is 18.7. The Morgan fingerprint density at radius 1 is 1.23 bits per heavy atom. The maximum Gasteiger partial charge on any atom is 0.249 e. The first kappa shape index (κ1) is 28.6. The van der Waals surface area contributed by atoms with Crippen molar-refractivity contribution in [2.45, 2.75) is 31.8 Å². The highest BCUT2D eigenvalue weighted by Crippen LogP contribution is 2.41. The number of amides is 1. The topological polar surface area (TPSA) is 94.9 Å². The number of halogens is 4. The van der Waals surface area contributed by atoms with E-state index in [1.165, 1.54) is 13.3 Å². The number of benzene rings is 2. The molecule has 1 aliphatic heterocycles. The normalized spacial score (nSPS) is 15.9. The number of hydroxylamine groups is 1. The van der Waals surface area contributed by atoms with Gasteiger partial charge in [-0.05, 0) is 56.0 Å². The standard InChI is InChI=1S/C28H27ClF3N3O4/c1-39-18-4-5-23-19(15-18)25(20(29)16-33-23)24(36)6-7-28(27(37)34-38)8-11-35(12-9-28)10-2-3-17-13-21(30)26(32)22(31)14-17/h4-5,13-16,24,36,38H,6-12H2,1H3,(H,34,37)/t24-/m1/s1. The van der Waals surface area contributed by atoms with E-state index in [-0.39, 0.29) is 24.9 Å². The lowest BCUT2D eigenvalue weighted by atomic mass is 9.73. The van der Waals surface area contributed by atoms with E-state index in [0.29, 0.717) is 53.2 Å². The molecule has 0 spiro atoms. The van der Waals surface area contributed by atoms with E-state index in [4.69, 9.17) is 16.3 Å². The van der Waals surface area contributed by atoms with E-state index in [9.17, 15) is 28.3 Å². The molecular weight excluding hydrogens is 535 g/mol. The minimum absolute atomic E-state index is 0.0197. The number of hydrogen-bond acceptors (Lipinski definition) is 6. The molecule has 1 aliphatic rings. The fourth-order valence-electron chi connectivity index (χ4n) is 4.92. The van der Waals surface area contributed by atoms with Gasteiger partial charge in [0.15, 0.2) is 17.5 Å². The van der Waals surface area contributed by atoms with E-state index >= 15 is 0 Å². The average molecular weight is 562 g/mol. The van der Waals surface area contributed by atoms with Crippen LogP contribution in [0.3, 0.4) is 0 Å². The molecule has 39 heavy (non-hydrogen) atoms. The number of pyridine rings is 1. The Morgan fingerprint density at radius 2 is 1.92 bits per heavy atom. The molecule has 2 aromatic carbocycles. The summed E-state index contributed by atoms with van der Waals surface area (Å²) < 4.78 is 45.2. The number of piperidine rings is 1. The summed E-state index contributed by atoms with van der Waals surface area (Å²) in [6.45, 7) is 1.18. The minimum atomic E-state index is -1.54. The van der Waals surface area contributed by atoms with Gasteiger partial charge >= 0.3 is 0 Å². The van der Waals surface area contributed by atoms with E-state index in [1.807, 2.05) is 4.90 Å². The lowest BCUT2D eigenvalue weighted by Gasteiger charge is -2.40. The molecular formula is C28H27ClF3N3O4. The van der Waals surface area contributed by atoms with Gasteiger partial charge in [0.2, 0.25) is 5.91 Å². The number of nitrogens with one attached hydrogen (secondary N) is 1. The molecule has 1 saturated heterocycles. The van der Waals surface area contributed by atoms with Gasteiger partial charge in [-0.2, -0.15) is 0 Å². The van der Waals surface area contributed by atoms with Gasteiger partial charge in [0.05, 0.1) is 35.7 Å². The van der Waals surface area contributed by atoms with Crippen LogP contribution < -0.4 is 10.2 Å². The average Bonchev–Trinajstić information content (AvgIpc) is 2.94. The van der Waals surface area contributed by atoms with Crippen LogP contribution in [0.15, 0.2) is 36.5 Å². The lowest BCUT2D eigenvalue weighted by molar-refractivity contribution is -0.143. The molecule has 0 aliphatic carbocycles. The second kappa shape index (κ2) is 12.2. The minimum Gasteiger partial charge on any atom is -0.497 e. The van der Waals surface area contributed by atoms with Crippen LogP contribution in [0, 0.1) is 34.7 Å². The van der Waals surface area contributed by atoms with E-state index in [0.717, 1.165) is 12.1 Å². The fourth-order valence-corrected chi connectivity index (χ4v) is 5.20. The zero-order valence-corrected chi connectivity index (χ0v) is 21.9. The van der Waals surface area contributed by atoms with Crippen LogP contribution in [0.2, 0.25) is 5.02 Å². The molecule has 3 aromatic rings. The van der Waals surface area contributed by atoms with Crippen LogP contribution in [-0.2, 0) is 4.79 Å². The predicted octanol–water partition coefficient (Wildman–Crippen LogP) is 4.77. The molecule has 2 heterocycles. The number of rotatable bonds is 7. The van der Waals surface area contributed by atoms with Gasteiger partial charge in [-0.1, -0.05) is 23.4 Å². The summed E-state index contributed by atoms with van der Waals surface area (Å²) >= 11 is 6.41. The number of aliphatic hydroxyl groups excluding tert-OH is 1. The van der Waals surface area contributed by atoms with Crippen LogP contribution in [0.5, 0.6) is 5.75 Å². The lowest BCUT2D eigenvalue weighted by Crippen LogP contribution is -2.48. The number of carbonyl (C=O) groups excluding carboxylic acids is 1. The summed E-state index contributed by atoms with van der Waals surface area (Å²) in [6.07, 6.45) is 1.71. The van der Waals surface area contributed by atoms with Gasteiger partial charge in [-0.25, -0.2) is 18.7 Å². The van der Waals surface area contributed by atoms with Crippen LogP contribution in [0.25, 0.3) is 10.9 Å². The highest BCUT2D eigenvalue weighted by atomic mass is 35.5. The van der Waals surface area contributed by atoms with Crippen LogP contribution in [0.1, 0.15) is 42.9 Å². The molecule has 1 fully saturated rings. The number of aliphatic hydroxyl groups is 1. The summed E-state index contributed by atoms with van der Waals surface area (Å²) in [5, 5.41) is 21.5.